The summed E-state index contributed by atoms with van der Waals surface area (Å²) in [6, 6.07) is 11.8. The summed E-state index contributed by atoms with van der Waals surface area (Å²) in [4.78, 5) is 10.7. The Bertz CT molecular complexity index is 562. The van der Waals surface area contributed by atoms with E-state index in [4.69, 9.17) is 5.11 Å². The molecule has 4 heteroatoms. The molecule has 2 fully saturated rings. The van der Waals surface area contributed by atoms with Crippen LogP contribution in [0.4, 0.5) is 4.79 Å². The Kier molecular flexibility index (Phi) is 5.01. The molecule has 0 bridgehead atoms. The zero-order valence-corrected chi connectivity index (χ0v) is 13.7. The van der Waals surface area contributed by atoms with E-state index in [1.165, 1.54) is 17.6 Å². The number of benzene rings is 1. The van der Waals surface area contributed by atoms with E-state index >= 15 is 0 Å². The summed E-state index contributed by atoms with van der Waals surface area (Å²) in [5.41, 5.74) is 2.73. The third-order valence-corrected chi connectivity index (χ3v) is 5.07. The van der Waals surface area contributed by atoms with E-state index in [0.717, 1.165) is 25.7 Å². The van der Waals surface area contributed by atoms with E-state index in [0.29, 0.717) is 18.0 Å². The summed E-state index contributed by atoms with van der Waals surface area (Å²) in [5, 5.41) is 15.1. The quantitative estimate of drug-likeness (QED) is 0.777. The second-order valence-corrected chi connectivity index (χ2v) is 6.91. The predicted octanol–water partition coefficient (Wildman–Crippen LogP) is 3.65. The third kappa shape index (κ3) is 4.58. The van der Waals surface area contributed by atoms with Crippen molar-refractivity contribution in [2.75, 3.05) is 0 Å². The summed E-state index contributed by atoms with van der Waals surface area (Å²) in [7, 11) is 0. The number of rotatable bonds is 5. The minimum absolute atomic E-state index is 0.139. The maximum Gasteiger partial charge on any atom is 0.404 e. The first-order chi connectivity index (χ1) is 11.1. The lowest BCUT2D eigenvalue weighted by atomic mass is 9.91. The number of carboxylic acid groups (broad SMARTS) is 1. The molecule has 2 unspecified atom stereocenters. The van der Waals surface area contributed by atoms with E-state index in [1.54, 1.807) is 0 Å². The minimum Gasteiger partial charge on any atom is -0.465 e. The molecule has 3 N–H and O–H groups in total. The van der Waals surface area contributed by atoms with Crippen LogP contribution in [0.5, 0.6) is 0 Å². The molecule has 23 heavy (non-hydrogen) atoms. The molecule has 2 saturated carbocycles. The molecule has 1 amide bonds. The molecule has 1 aromatic rings. The van der Waals surface area contributed by atoms with Crippen molar-refractivity contribution in [2.24, 2.45) is 5.92 Å². The molecule has 4 nitrogen and oxygen atoms in total. The zero-order chi connectivity index (χ0) is 16.2. The first kappa shape index (κ1) is 16.1. The standard InChI is InChI=1S/C19H26N2O2/c1-13(11-14-5-3-2-4-6-14)17-12-18(17)20-15-7-9-16(10-8-15)21-19(22)23/h2-6,11,15-18,20-21H,7-10,12H2,1H3,(H,22,23). The van der Waals surface area contributed by atoms with Gasteiger partial charge in [-0.05, 0) is 50.5 Å². The van der Waals surface area contributed by atoms with Gasteiger partial charge in [0.2, 0.25) is 0 Å². The Morgan fingerprint density at radius 1 is 1.13 bits per heavy atom. The first-order valence-electron chi connectivity index (χ1n) is 8.60. The molecule has 2 aliphatic carbocycles. The van der Waals surface area contributed by atoms with Crippen molar-refractivity contribution in [3.05, 3.63) is 41.5 Å². The maximum atomic E-state index is 10.7. The molecule has 2 atom stereocenters. The molecule has 0 aromatic heterocycles. The lowest BCUT2D eigenvalue weighted by molar-refractivity contribution is 0.183. The van der Waals surface area contributed by atoms with Crippen LogP contribution >= 0.6 is 0 Å². The minimum atomic E-state index is -0.898. The van der Waals surface area contributed by atoms with Gasteiger partial charge in [-0.1, -0.05) is 42.0 Å². The molecule has 0 radical (unpaired) electrons. The van der Waals surface area contributed by atoms with Crippen LogP contribution in [0.25, 0.3) is 6.08 Å². The van der Waals surface area contributed by atoms with E-state index in [2.05, 4.69) is 47.9 Å². The average Bonchev–Trinajstić information content (AvgIpc) is 3.29. The van der Waals surface area contributed by atoms with Gasteiger partial charge < -0.3 is 15.7 Å². The lowest BCUT2D eigenvalue weighted by Gasteiger charge is -2.29. The van der Waals surface area contributed by atoms with E-state index in [-0.39, 0.29) is 6.04 Å². The summed E-state index contributed by atoms with van der Waals surface area (Å²) in [6.45, 7) is 2.23. The van der Waals surface area contributed by atoms with E-state index < -0.39 is 6.09 Å². The van der Waals surface area contributed by atoms with Gasteiger partial charge in [0.15, 0.2) is 0 Å². The van der Waals surface area contributed by atoms with Gasteiger partial charge in [0, 0.05) is 18.1 Å². The molecule has 124 valence electrons. The fraction of sp³-hybridized carbons (Fsp3) is 0.526. The Morgan fingerprint density at radius 2 is 1.78 bits per heavy atom. The summed E-state index contributed by atoms with van der Waals surface area (Å²) in [6.07, 6.45) is 6.64. The number of amides is 1. The van der Waals surface area contributed by atoms with Crippen LogP contribution in [0, 0.1) is 5.92 Å². The van der Waals surface area contributed by atoms with Crippen LogP contribution in [0.2, 0.25) is 0 Å². The van der Waals surface area contributed by atoms with Crippen molar-refractivity contribution in [1.29, 1.82) is 0 Å². The van der Waals surface area contributed by atoms with Crippen LogP contribution in [-0.2, 0) is 0 Å². The highest BCUT2D eigenvalue weighted by Gasteiger charge is 2.39. The van der Waals surface area contributed by atoms with Crippen LogP contribution in [0.15, 0.2) is 35.9 Å². The fourth-order valence-electron chi connectivity index (χ4n) is 3.68. The summed E-state index contributed by atoms with van der Waals surface area (Å²) in [5.74, 6) is 0.657. The smallest absolute Gasteiger partial charge is 0.404 e. The fourth-order valence-corrected chi connectivity index (χ4v) is 3.68. The monoisotopic (exact) mass is 314 g/mol. The van der Waals surface area contributed by atoms with Crippen molar-refractivity contribution < 1.29 is 9.90 Å². The molecule has 2 aliphatic rings. The molecular weight excluding hydrogens is 288 g/mol. The molecular formula is C19H26N2O2. The van der Waals surface area contributed by atoms with Crippen molar-refractivity contribution >= 4 is 12.2 Å². The topological polar surface area (TPSA) is 61.4 Å². The molecule has 0 aliphatic heterocycles. The normalized spacial score (nSPS) is 30.7. The van der Waals surface area contributed by atoms with Gasteiger partial charge in [-0.3, -0.25) is 0 Å². The van der Waals surface area contributed by atoms with E-state index in [1.807, 2.05) is 6.07 Å². The number of nitrogens with one attached hydrogen (secondary N) is 2. The van der Waals surface area contributed by atoms with Crippen molar-refractivity contribution in [2.45, 2.75) is 57.2 Å². The SMILES string of the molecule is CC(=Cc1ccccc1)C1CC1NC1CCC(NC(=O)O)CC1. The van der Waals surface area contributed by atoms with Gasteiger partial charge >= 0.3 is 6.09 Å². The molecule has 0 heterocycles. The average molecular weight is 314 g/mol. The van der Waals surface area contributed by atoms with Crippen molar-refractivity contribution in [3.63, 3.8) is 0 Å². The number of carbonyl (C=O) groups is 1. The van der Waals surface area contributed by atoms with E-state index in [9.17, 15) is 4.79 Å². The molecule has 3 rings (SSSR count). The third-order valence-electron chi connectivity index (χ3n) is 5.07. The maximum absolute atomic E-state index is 10.7. The van der Waals surface area contributed by atoms with Gasteiger partial charge in [-0.25, -0.2) is 4.79 Å². The second kappa shape index (κ2) is 7.18. The number of hydrogen-bond donors (Lipinski definition) is 3. The van der Waals surface area contributed by atoms with Crippen LogP contribution in [-0.4, -0.2) is 29.3 Å². The van der Waals surface area contributed by atoms with Gasteiger partial charge in [-0.2, -0.15) is 0 Å². The largest absolute Gasteiger partial charge is 0.465 e. The van der Waals surface area contributed by atoms with Gasteiger partial charge in [0.1, 0.15) is 0 Å². The molecule has 0 saturated heterocycles. The lowest BCUT2D eigenvalue weighted by Crippen LogP contribution is -2.42. The highest BCUT2D eigenvalue weighted by Crippen LogP contribution is 2.39. The number of hydrogen-bond acceptors (Lipinski definition) is 2. The molecule has 1 aromatic carbocycles. The van der Waals surface area contributed by atoms with Crippen molar-refractivity contribution in [1.82, 2.24) is 10.6 Å². The Morgan fingerprint density at radius 3 is 2.43 bits per heavy atom. The van der Waals surface area contributed by atoms with Crippen LogP contribution in [0.1, 0.15) is 44.6 Å². The van der Waals surface area contributed by atoms with Crippen molar-refractivity contribution in [3.8, 4) is 0 Å². The highest BCUT2D eigenvalue weighted by atomic mass is 16.4. The van der Waals surface area contributed by atoms with Crippen LogP contribution in [0.3, 0.4) is 0 Å². The first-order valence-corrected chi connectivity index (χ1v) is 8.60. The predicted molar refractivity (Wildman–Crippen MR) is 92.3 cm³/mol. The second-order valence-electron chi connectivity index (χ2n) is 6.91. The Balaban J connectivity index is 1.43. The van der Waals surface area contributed by atoms with Gasteiger partial charge in [0.25, 0.3) is 0 Å². The van der Waals surface area contributed by atoms with Crippen LogP contribution < -0.4 is 10.6 Å². The Hall–Kier alpha value is -1.81. The summed E-state index contributed by atoms with van der Waals surface area (Å²) < 4.78 is 0. The highest BCUT2D eigenvalue weighted by molar-refractivity contribution is 5.64. The van der Waals surface area contributed by atoms with Gasteiger partial charge in [0.05, 0.1) is 0 Å². The molecule has 0 spiro atoms. The zero-order valence-electron chi connectivity index (χ0n) is 13.7. The summed E-state index contributed by atoms with van der Waals surface area (Å²) >= 11 is 0. The van der Waals surface area contributed by atoms with Gasteiger partial charge in [-0.15, -0.1) is 0 Å². The Labute approximate surface area is 138 Å².